The molecule has 1 amide bonds. The lowest BCUT2D eigenvalue weighted by atomic mass is 10.1. The Balaban J connectivity index is 1.29. The lowest BCUT2D eigenvalue weighted by Gasteiger charge is -2.37. The van der Waals surface area contributed by atoms with Crippen LogP contribution in [0.4, 0.5) is 5.82 Å². The Bertz CT molecular complexity index is 975. The Morgan fingerprint density at radius 2 is 1.64 bits per heavy atom. The number of hydrogen-bond donors (Lipinski definition) is 0. The summed E-state index contributed by atoms with van der Waals surface area (Å²) in [5.41, 5.74) is 1.30. The average Bonchev–Trinajstić information content (AvgIpc) is 3.13. The van der Waals surface area contributed by atoms with Crippen LogP contribution in [0.1, 0.15) is 35.5 Å². The molecule has 3 aliphatic rings. The van der Waals surface area contributed by atoms with Gasteiger partial charge in [0, 0.05) is 57.2 Å². The van der Waals surface area contributed by atoms with Crippen molar-refractivity contribution < 1.29 is 9.53 Å². The Hall–Kier alpha value is -1.81. The molecule has 0 aliphatic carbocycles. The predicted octanol–water partition coefficient (Wildman–Crippen LogP) is 2.27. The summed E-state index contributed by atoms with van der Waals surface area (Å²) in [7, 11) is 0. The average molecular weight is 473 g/mol. The number of nitrogens with zero attached hydrogens (tertiary/aromatic N) is 6. The minimum absolute atomic E-state index is 0.296. The fourth-order valence-corrected chi connectivity index (χ4v) is 6.13. The quantitative estimate of drug-likeness (QED) is 0.661. The highest BCUT2D eigenvalue weighted by molar-refractivity contribution is 7.18. The van der Waals surface area contributed by atoms with Gasteiger partial charge in [0.1, 0.15) is 16.5 Å². The molecule has 0 spiro atoms. The van der Waals surface area contributed by atoms with E-state index in [0.29, 0.717) is 12.5 Å². The molecule has 180 valence electrons. The van der Waals surface area contributed by atoms with E-state index in [0.717, 1.165) is 101 Å². The number of carbonyl (C=O) groups excluding carboxylic acids is 1. The van der Waals surface area contributed by atoms with Crippen LogP contribution in [0, 0.1) is 13.8 Å². The van der Waals surface area contributed by atoms with E-state index in [9.17, 15) is 4.79 Å². The number of rotatable bonds is 5. The summed E-state index contributed by atoms with van der Waals surface area (Å²) in [6, 6.07) is 0. The first-order valence-corrected chi connectivity index (χ1v) is 13.2. The number of ether oxygens (including phenoxy) is 1. The van der Waals surface area contributed by atoms with Gasteiger partial charge >= 0.3 is 0 Å². The Morgan fingerprint density at radius 3 is 2.36 bits per heavy atom. The summed E-state index contributed by atoms with van der Waals surface area (Å²) in [5.74, 6) is 2.28. The molecule has 5 heterocycles. The first kappa shape index (κ1) is 23.0. The zero-order valence-electron chi connectivity index (χ0n) is 20.0. The molecule has 0 unspecified atom stereocenters. The Labute approximate surface area is 200 Å². The van der Waals surface area contributed by atoms with Gasteiger partial charge in [-0.2, -0.15) is 0 Å². The van der Waals surface area contributed by atoms with Crippen LogP contribution in [0.2, 0.25) is 0 Å². The summed E-state index contributed by atoms with van der Waals surface area (Å²) in [6.45, 7) is 14.6. The zero-order chi connectivity index (χ0) is 22.8. The highest BCUT2D eigenvalue weighted by Crippen LogP contribution is 2.35. The van der Waals surface area contributed by atoms with Gasteiger partial charge in [0.15, 0.2) is 0 Å². The Kier molecular flexibility index (Phi) is 7.10. The van der Waals surface area contributed by atoms with Crippen molar-refractivity contribution in [1.82, 2.24) is 24.7 Å². The largest absolute Gasteiger partial charge is 0.379 e. The molecule has 0 aromatic carbocycles. The molecule has 0 saturated carbocycles. The molecule has 0 bridgehead atoms. The molecular formula is C24H36N6O2S. The highest BCUT2D eigenvalue weighted by Gasteiger charge is 2.26. The number of fused-ring (bicyclic) bond motifs is 1. The van der Waals surface area contributed by atoms with Crippen LogP contribution >= 0.6 is 11.3 Å². The minimum atomic E-state index is 0.296. The van der Waals surface area contributed by atoms with Crippen LogP contribution in [0.25, 0.3) is 10.2 Å². The van der Waals surface area contributed by atoms with E-state index in [2.05, 4.69) is 33.4 Å². The van der Waals surface area contributed by atoms with E-state index in [4.69, 9.17) is 14.7 Å². The third-order valence-electron chi connectivity index (χ3n) is 7.26. The first-order chi connectivity index (χ1) is 16.1. The number of thiophene rings is 1. The third-order valence-corrected chi connectivity index (χ3v) is 8.37. The number of aryl methyl sites for hydroxylation is 2. The van der Waals surface area contributed by atoms with Crippen LogP contribution in [-0.2, 0) is 16.1 Å². The topological polar surface area (TPSA) is 65.0 Å². The minimum Gasteiger partial charge on any atom is -0.379 e. The van der Waals surface area contributed by atoms with Crippen LogP contribution in [0.5, 0.6) is 0 Å². The standard InChI is InChI=1S/C24H36N6O2S/c1-18-19(2)33-24-22(18)23(25-20(26-24)16-28-12-14-32-15-13-28)30-10-8-27(9-11-30)17-21(31)29-6-4-3-5-7-29/h3-17H2,1-2H3. The van der Waals surface area contributed by atoms with Gasteiger partial charge in [-0.1, -0.05) is 0 Å². The van der Waals surface area contributed by atoms with Crippen LogP contribution in [0.15, 0.2) is 0 Å². The Morgan fingerprint density at radius 1 is 0.909 bits per heavy atom. The maximum Gasteiger partial charge on any atom is 0.236 e. The third kappa shape index (κ3) is 5.16. The van der Waals surface area contributed by atoms with Gasteiger partial charge in [-0.05, 0) is 38.7 Å². The van der Waals surface area contributed by atoms with Crippen LogP contribution < -0.4 is 4.90 Å². The maximum atomic E-state index is 12.7. The smallest absolute Gasteiger partial charge is 0.236 e. The van der Waals surface area contributed by atoms with E-state index in [1.807, 2.05) is 0 Å². The normalized spacial score (nSPS) is 21.2. The lowest BCUT2D eigenvalue weighted by molar-refractivity contribution is -0.133. The molecule has 5 rings (SSSR count). The van der Waals surface area contributed by atoms with E-state index >= 15 is 0 Å². The van der Waals surface area contributed by atoms with E-state index in [1.165, 1.54) is 22.2 Å². The molecule has 3 aliphatic heterocycles. The number of anilines is 1. The maximum absolute atomic E-state index is 12.7. The summed E-state index contributed by atoms with van der Waals surface area (Å²) in [5, 5.41) is 1.21. The molecular weight excluding hydrogens is 436 g/mol. The van der Waals surface area contributed by atoms with E-state index in [1.54, 1.807) is 11.3 Å². The van der Waals surface area contributed by atoms with Crippen molar-refractivity contribution in [2.45, 2.75) is 39.7 Å². The fraction of sp³-hybridized carbons (Fsp3) is 0.708. The monoisotopic (exact) mass is 472 g/mol. The number of aromatic nitrogens is 2. The summed E-state index contributed by atoms with van der Waals surface area (Å²) >= 11 is 1.78. The second-order valence-electron chi connectivity index (χ2n) is 9.52. The van der Waals surface area contributed by atoms with Crippen molar-refractivity contribution in [3.63, 3.8) is 0 Å². The van der Waals surface area contributed by atoms with Crippen molar-refractivity contribution in [2.24, 2.45) is 0 Å². The number of hydrogen-bond acceptors (Lipinski definition) is 8. The molecule has 8 nitrogen and oxygen atoms in total. The van der Waals surface area contributed by atoms with Crippen molar-refractivity contribution in [1.29, 1.82) is 0 Å². The van der Waals surface area contributed by atoms with E-state index in [-0.39, 0.29) is 0 Å². The van der Waals surface area contributed by atoms with Crippen molar-refractivity contribution in [3.8, 4) is 0 Å². The number of piperidine rings is 1. The SMILES string of the molecule is Cc1sc2nc(CN3CCOCC3)nc(N3CCN(CC(=O)N4CCCCC4)CC3)c2c1C. The molecule has 0 radical (unpaired) electrons. The van der Waals surface area contributed by atoms with Gasteiger partial charge in [-0.25, -0.2) is 9.97 Å². The molecule has 2 aromatic rings. The number of likely N-dealkylation sites (tertiary alicyclic amines) is 1. The number of morpholine rings is 1. The predicted molar refractivity (Wildman–Crippen MR) is 132 cm³/mol. The van der Waals surface area contributed by atoms with Gasteiger partial charge in [-0.3, -0.25) is 14.6 Å². The first-order valence-electron chi connectivity index (χ1n) is 12.4. The van der Waals surface area contributed by atoms with Crippen LogP contribution in [0.3, 0.4) is 0 Å². The van der Waals surface area contributed by atoms with Gasteiger partial charge in [0.25, 0.3) is 0 Å². The number of amides is 1. The zero-order valence-corrected chi connectivity index (χ0v) is 20.8. The molecule has 0 N–H and O–H groups in total. The fourth-order valence-electron chi connectivity index (χ4n) is 5.08. The number of piperazine rings is 1. The summed E-state index contributed by atoms with van der Waals surface area (Å²) in [4.78, 5) is 34.3. The summed E-state index contributed by atoms with van der Waals surface area (Å²) in [6.07, 6.45) is 3.55. The molecule has 3 saturated heterocycles. The van der Waals surface area contributed by atoms with Crippen molar-refractivity contribution >= 4 is 33.3 Å². The van der Waals surface area contributed by atoms with Crippen molar-refractivity contribution in [2.75, 3.05) is 77.0 Å². The molecule has 9 heteroatoms. The molecule has 2 aromatic heterocycles. The molecule has 33 heavy (non-hydrogen) atoms. The summed E-state index contributed by atoms with van der Waals surface area (Å²) < 4.78 is 5.50. The van der Waals surface area contributed by atoms with Gasteiger partial charge < -0.3 is 14.5 Å². The second-order valence-corrected chi connectivity index (χ2v) is 10.7. The molecule has 3 fully saturated rings. The lowest BCUT2D eigenvalue weighted by Crippen LogP contribution is -2.51. The van der Waals surface area contributed by atoms with Gasteiger partial charge in [0.05, 0.1) is 31.7 Å². The highest BCUT2D eigenvalue weighted by atomic mass is 32.1. The second kappa shape index (κ2) is 10.2. The van der Waals surface area contributed by atoms with Gasteiger partial charge in [-0.15, -0.1) is 11.3 Å². The van der Waals surface area contributed by atoms with Gasteiger partial charge in [0.2, 0.25) is 5.91 Å². The molecule has 0 atom stereocenters. The van der Waals surface area contributed by atoms with Crippen molar-refractivity contribution in [3.05, 3.63) is 16.3 Å². The number of carbonyl (C=O) groups is 1. The van der Waals surface area contributed by atoms with Crippen LogP contribution in [-0.4, -0.2) is 103 Å². The van der Waals surface area contributed by atoms with E-state index < -0.39 is 0 Å².